The number of aromatic nitrogens is 1. The third-order valence-corrected chi connectivity index (χ3v) is 5.43. The number of para-hydroxylation sites is 2. The number of carbonyl (C=O) groups excluding carboxylic acids is 2. The van der Waals surface area contributed by atoms with E-state index in [2.05, 4.69) is 15.6 Å². The molecule has 0 aliphatic rings. The summed E-state index contributed by atoms with van der Waals surface area (Å²) in [5.41, 5.74) is 2.22. The number of carbonyl (C=O) groups is 2. The highest BCUT2D eigenvalue weighted by Crippen LogP contribution is 2.25. The summed E-state index contributed by atoms with van der Waals surface area (Å²) >= 11 is 7.24. The van der Waals surface area contributed by atoms with Crippen molar-refractivity contribution in [2.24, 2.45) is 0 Å². The Morgan fingerprint density at radius 1 is 1.00 bits per heavy atom. The van der Waals surface area contributed by atoms with Gasteiger partial charge in [0, 0.05) is 10.6 Å². The van der Waals surface area contributed by atoms with Gasteiger partial charge in [-0.2, -0.15) is 0 Å². The van der Waals surface area contributed by atoms with E-state index >= 15 is 0 Å². The van der Waals surface area contributed by atoms with Crippen LogP contribution >= 0.6 is 22.9 Å². The molecule has 0 bridgehead atoms. The summed E-state index contributed by atoms with van der Waals surface area (Å²) in [5.74, 6) is -0.520. The Bertz CT molecular complexity index is 983. The number of amides is 2. The van der Waals surface area contributed by atoms with Crippen LogP contribution in [0.3, 0.4) is 0 Å². The number of benzene rings is 2. The Morgan fingerprint density at radius 2 is 1.59 bits per heavy atom. The Balaban J connectivity index is 1.79. The first-order valence-corrected chi connectivity index (χ1v) is 9.61. The minimum absolute atomic E-state index is 0.238. The highest BCUT2D eigenvalue weighted by Gasteiger charge is 2.17. The molecule has 0 aliphatic carbocycles. The summed E-state index contributed by atoms with van der Waals surface area (Å²) in [5, 5.41) is 7.17. The molecule has 2 N–H and O–H groups in total. The van der Waals surface area contributed by atoms with Gasteiger partial charge in [-0.15, -0.1) is 11.3 Å². The Labute approximate surface area is 166 Å². The zero-order chi connectivity index (χ0) is 19.4. The third-order valence-electron chi connectivity index (χ3n) is 3.88. The van der Waals surface area contributed by atoms with Crippen LogP contribution < -0.4 is 10.6 Å². The smallest absolute Gasteiger partial charge is 0.267 e. The summed E-state index contributed by atoms with van der Waals surface area (Å²) in [6.07, 6.45) is 0.784. The molecular formula is C20H18ClN3O2S. The van der Waals surface area contributed by atoms with Crippen LogP contribution in [-0.4, -0.2) is 16.8 Å². The van der Waals surface area contributed by atoms with Gasteiger partial charge in [-0.3, -0.25) is 9.59 Å². The topological polar surface area (TPSA) is 71.1 Å². The van der Waals surface area contributed by atoms with Gasteiger partial charge >= 0.3 is 0 Å². The summed E-state index contributed by atoms with van der Waals surface area (Å²) in [4.78, 5) is 30.1. The second-order valence-electron chi connectivity index (χ2n) is 5.84. The molecule has 0 radical (unpaired) electrons. The fourth-order valence-electron chi connectivity index (χ4n) is 2.49. The van der Waals surface area contributed by atoms with Crippen LogP contribution in [0.1, 0.15) is 37.7 Å². The van der Waals surface area contributed by atoms with Crippen LogP contribution in [0.4, 0.5) is 11.4 Å². The van der Waals surface area contributed by atoms with E-state index in [1.165, 1.54) is 11.3 Å². The average Bonchev–Trinajstić information content (AvgIpc) is 3.05. The van der Waals surface area contributed by atoms with E-state index in [-0.39, 0.29) is 11.8 Å². The largest absolute Gasteiger partial charge is 0.320 e. The van der Waals surface area contributed by atoms with Gasteiger partial charge in [0.15, 0.2) is 0 Å². The monoisotopic (exact) mass is 399 g/mol. The lowest BCUT2D eigenvalue weighted by molar-refractivity contribution is 0.101. The second kappa shape index (κ2) is 8.33. The standard InChI is InChI=1S/C20H18ClN3O2S/c1-3-17-22-12(2)18(27-17)20(26)24-16-7-5-4-6-15(16)23-19(25)13-8-10-14(21)11-9-13/h4-11H,3H2,1-2H3,(H,23,25)(H,24,26). The van der Waals surface area contributed by atoms with Gasteiger partial charge in [0.05, 0.1) is 22.1 Å². The first-order chi connectivity index (χ1) is 13.0. The quantitative estimate of drug-likeness (QED) is 0.621. The molecule has 0 saturated carbocycles. The number of anilines is 2. The van der Waals surface area contributed by atoms with Crippen molar-refractivity contribution in [3.63, 3.8) is 0 Å². The molecule has 2 amide bonds. The Morgan fingerprint density at radius 3 is 2.15 bits per heavy atom. The first-order valence-electron chi connectivity index (χ1n) is 8.41. The van der Waals surface area contributed by atoms with Gasteiger partial charge in [-0.1, -0.05) is 30.7 Å². The summed E-state index contributed by atoms with van der Waals surface area (Å²) in [6.45, 7) is 3.82. The minimum Gasteiger partial charge on any atom is -0.320 e. The van der Waals surface area contributed by atoms with Gasteiger partial charge < -0.3 is 10.6 Å². The minimum atomic E-state index is -0.282. The number of hydrogen-bond donors (Lipinski definition) is 2. The maximum absolute atomic E-state index is 12.6. The highest BCUT2D eigenvalue weighted by molar-refractivity contribution is 7.13. The van der Waals surface area contributed by atoms with E-state index < -0.39 is 0 Å². The van der Waals surface area contributed by atoms with Crippen molar-refractivity contribution in [3.05, 3.63) is 74.7 Å². The van der Waals surface area contributed by atoms with E-state index in [1.807, 2.05) is 13.8 Å². The van der Waals surface area contributed by atoms with Crippen molar-refractivity contribution in [2.45, 2.75) is 20.3 Å². The SMILES string of the molecule is CCc1nc(C)c(C(=O)Nc2ccccc2NC(=O)c2ccc(Cl)cc2)s1. The molecule has 138 valence electrons. The lowest BCUT2D eigenvalue weighted by Gasteiger charge is -2.12. The van der Waals surface area contributed by atoms with Gasteiger partial charge in [0.1, 0.15) is 4.88 Å². The van der Waals surface area contributed by atoms with E-state index in [0.717, 1.165) is 11.4 Å². The summed E-state index contributed by atoms with van der Waals surface area (Å²) in [6, 6.07) is 13.7. The van der Waals surface area contributed by atoms with Crippen LogP contribution in [0.15, 0.2) is 48.5 Å². The van der Waals surface area contributed by atoms with E-state index in [9.17, 15) is 9.59 Å². The predicted molar refractivity (Wildman–Crippen MR) is 110 cm³/mol. The van der Waals surface area contributed by atoms with Gasteiger partial charge in [0.2, 0.25) is 0 Å². The zero-order valence-corrected chi connectivity index (χ0v) is 16.4. The van der Waals surface area contributed by atoms with Crippen molar-refractivity contribution in [1.29, 1.82) is 0 Å². The molecule has 7 heteroatoms. The summed E-state index contributed by atoms with van der Waals surface area (Å²) < 4.78 is 0. The molecule has 1 heterocycles. The molecule has 3 rings (SSSR count). The number of nitrogens with zero attached hydrogens (tertiary/aromatic N) is 1. The van der Waals surface area contributed by atoms with Crippen LogP contribution in [0.5, 0.6) is 0 Å². The molecule has 0 spiro atoms. The van der Waals surface area contributed by atoms with Crippen molar-refractivity contribution in [2.75, 3.05) is 10.6 Å². The molecule has 0 fully saturated rings. The molecule has 0 saturated heterocycles. The van der Waals surface area contributed by atoms with Crippen LogP contribution in [-0.2, 0) is 6.42 Å². The van der Waals surface area contributed by atoms with E-state index in [4.69, 9.17) is 11.6 Å². The number of aryl methyl sites for hydroxylation is 2. The van der Waals surface area contributed by atoms with Crippen LogP contribution in [0.25, 0.3) is 0 Å². The van der Waals surface area contributed by atoms with Crippen molar-refractivity contribution >= 4 is 46.1 Å². The number of halogens is 1. The van der Waals surface area contributed by atoms with Crippen molar-refractivity contribution < 1.29 is 9.59 Å². The molecule has 0 atom stereocenters. The normalized spacial score (nSPS) is 10.5. The highest BCUT2D eigenvalue weighted by atomic mass is 35.5. The lowest BCUT2D eigenvalue weighted by atomic mass is 10.2. The number of nitrogens with one attached hydrogen (secondary N) is 2. The fourth-order valence-corrected chi connectivity index (χ4v) is 3.52. The van der Waals surface area contributed by atoms with Crippen LogP contribution in [0, 0.1) is 6.92 Å². The Hall–Kier alpha value is -2.70. The molecule has 0 unspecified atom stereocenters. The Kier molecular flexibility index (Phi) is 5.88. The van der Waals surface area contributed by atoms with E-state index in [1.54, 1.807) is 48.5 Å². The molecule has 5 nitrogen and oxygen atoms in total. The molecule has 1 aromatic heterocycles. The lowest BCUT2D eigenvalue weighted by Crippen LogP contribution is -2.16. The molecule has 3 aromatic rings. The molecule has 2 aromatic carbocycles. The van der Waals surface area contributed by atoms with Gasteiger partial charge in [-0.05, 0) is 49.7 Å². The number of rotatable bonds is 5. The molecule has 27 heavy (non-hydrogen) atoms. The van der Waals surface area contributed by atoms with Gasteiger partial charge in [0.25, 0.3) is 11.8 Å². The number of hydrogen-bond acceptors (Lipinski definition) is 4. The second-order valence-corrected chi connectivity index (χ2v) is 7.36. The van der Waals surface area contributed by atoms with Crippen molar-refractivity contribution in [1.82, 2.24) is 4.98 Å². The van der Waals surface area contributed by atoms with Crippen molar-refractivity contribution in [3.8, 4) is 0 Å². The zero-order valence-electron chi connectivity index (χ0n) is 14.9. The van der Waals surface area contributed by atoms with Gasteiger partial charge in [-0.25, -0.2) is 4.98 Å². The maximum atomic E-state index is 12.6. The maximum Gasteiger partial charge on any atom is 0.267 e. The molecule has 0 aliphatic heterocycles. The summed E-state index contributed by atoms with van der Waals surface area (Å²) in [7, 11) is 0. The first kappa shape index (κ1) is 19.1. The predicted octanol–water partition coefficient (Wildman–Crippen LogP) is 5.17. The van der Waals surface area contributed by atoms with E-state index in [0.29, 0.717) is 32.5 Å². The molecular weight excluding hydrogens is 382 g/mol. The third kappa shape index (κ3) is 4.53. The fraction of sp³-hybridized carbons (Fsp3) is 0.150. The average molecular weight is 400 g/mol. The van der Waals surface area contributed by atoms with Crippen LogP contribution in [0.2, 0.25) is 5.02 Å². The number of thiazole rings is 1.